The van der Waals surface area contributed by atoms with Gasteiger partial charge >= 0.3 is 12.2 Å². The molecule has 43 heavy (non-hydrogen) atoms. The molecule has 0 radical (unpaired) electrons. The minimum Gasteiger partial charge on any atom is -0.445 e. The highest BCUT2D eigenvalue weighted by atomic mass is 16.6. The van der Waals surface area contributed by atoms with Crippen LogP contribution >= 0.6 is 0 Å². The summed E-state index contributed by atoms with van der Waals surface area (Å²) < 4.78 is 10.7. The molecular formula is C32H47N5O6. The number of ether oxygens (including phenoxy) is 2. The summed E-state index contributed by atoms with van der Waals surface area (Å²) in [6.07, 6.45) is 2.98. The number of aliphatic hydroxyl groups excluding tert-OH is 1. The van der Waals surface area contributed by atoms with Gasteiger partial charge in [0.05, 0.1) is 12.1 Å². The van der Waals surface area contributed by atoms with Crippen LogP contribution in [-0.4, -0.2) is 76.9 Å². The lowest BCUT2D eigenvalue weighted by Gasteiger charge is -2.38. The second-order valence-electron chi connectivity index (χ2n) is 12.0. The van der Waals surface area contributed by atoms with Crippen LogP contribution in [0.5, 0.6) is 0 Å². The lowest BCUT2D eigenvalue weighted by Crippen LogP contribution is -2.59. The first-order valence-corrected chi connectivity index (χ1v) is 15.1. The van der Waals surface area contributed by atoms with E-state index in [1.807, 2.05) is 44.2 Å². The first kappa shape index (κ1) is 33.8. The molecule has 1 fully saturated rings. The lowest BCUT2D eigenvalue weighted by molar-refractivity contribution is -0.125. The van der Waals surface area contributed by atoms with E-state index >= 15 is 0 Å². The molecule has 4 N–H and O–H groups in total. The SMILES string of the molecule is CC(C)C[C@@H](CN1CCC(NC(=O)[C@H](CC(C)C)NC(=O)OCc2ccncc2)C(O)C1)NC(=O)OCc1ccccc1. The van der Waals surface area contributed by atoms with Gasteiger partial charge in [0.25, 0.3) is 0 Å². The van der Waals surface area contributed by atoms with Crippen LogP contribution in [0, 0.1) is 11.8 Å². The van der Waals surface area contributed by atoms with Gasteiger partial charge in [0.15, 0.2) is 0 Å². The monoisotopic (exact) mass is 597 g/mol. The van der Waals surface area contributed by atoms with E-state index in [1.54, 1.807) is 24.5 Å². The van der Waals surface area contributed by atoms with Gasteiger partial charge in [0.2, 0.25) is 5.91 Å². The van der Waals surface area contributed by atoms with Crippen molar-refractivity contribution in [3.63, 3.8) is 0 Å². The van der Waals surface area contributed by atoms with Gasteiger partial charge < -0.3 is 30.5 Å². The zero-order valence-electron chi connectivity index (χ0n) is 25.7. The first-order valence-electron chi connectivity index (χ1n) is 15.1. The highest BCUT2D eigenvalue weighted by molar-refractivity contribution is 5.85. The van der Waals surface area contributed by atoms with Crippen molar-refractivity contribution in [2.24, 2.45) is 11.8 Å². The van der Waals surface area contributed by atoms with E-state index in [2.05, 4.69) is 39.7 Å². The maximum Gasteiger partial charge on any atom is 0.408 e. The number of rotatable bonds is 14. The molecule has 0 aliphatic carbocycles. The smallest absolute Gasteiger partial charge is 0.408 e. The van der Waals surface area contributed by atoms with Crippen LogP contribution in [0.4, 0.5) is 9.59 Å². The molecule has 4 atom stereocenters. The van der Waals surface area contributed by atoms with E-state index in [0.717, 1.165) is 17.5 Å². The minimum atomic E-state index is -0.805. The molecule has 11 nitrogen and oxygen atoms in total. The number of β-amino-alcohol motifs (C(OH)–C–C–N with tert-alkyl or cyclic N) is 1. The topological polar surface area (TPSA) is 142 Å². The predicted octanol–water partition coefficient (Wildman–Crippen LogP) is 3.62. The highest BCUT2D eigenvalue weighted by Gasteiger charge is 2.33. The number of piperidine rings is 1. The summed E-state index contributed by atoms with van der Waals surface area (Å²) in [4.78, 5) is 44.2. The second-order valence-corrected chi connectivity index (χ2v) is 12.0. The Kier molecular flexibility index (Phi) is 13.7. The van der Waals surface area contributed by atoms with E-state index in [4.69, 9.17) is 9.47 Å². The number of carbonyl (C=O) groups excluding carboxylic acids is 3. The van der Waals surface area contributed by atoms with Crippen molar-refractivity contribution in [3.05, 3.63) is 66.0 Å². The number of benzene rings is 1. The van der Waals surface area contributed by atoms with Gasteiger partial charge in [-0.15, -0.1) is 0 Å². The maximum atomic E-state index is 13.2. The molecule has 3 rings (SSSR count). The molecule has 3 amide bonds. The highest BCUT2D eigenvalue weighted by Crippen LogP contribution is 2.16. The molecule has 0 bridgehead atoms. The first-order chi connectivity index (χ1) is 20.6. The van der Waals surface area contributed by atoms with Gasteiger partial charge in [-0.05, 0) is 54.4 Å². The Morgan fingerprint density at radius 2 is 1.51 bits per heavy atom. The fraction of sp³-hybridized carbons (Fsp3) is 0.562. The summed E-state index contributed by atoms with van der Waals surface area (Å²) in [6.45, 7) is 9.92. The Morgan fingerprint density at radius 3 is 2.12 bits per heavy atom. The maximum absolute atomic E-state index is 13.2. The second kappa shape index (κ2) is 17.4. The summed E-state index contributed by atoms with van der Waals surface area (Å²) in [5.41, 5.74) is 1.71. The molecule has 1 aliphatic heterocycles. The van der Waals surface area contributed by atoms with Crippen LogP contribution in [0.3, 0.4) is 0 Å². The Bertz CT molecular complexity index is 1130. The normalized spacial score (nSPS) is 18.5. The van der Waals surface area contributed by atoms with Crippen molar-refractivity contribution < 1.29 is 29.0 Å². The number of amides is 3. The molecule has 11 heteroatoms. The van der Waals surface area contributed by atoms with Crippen LogP contribution in [0.15, 0.2) is 54.9 Å². The van der Waals surface area contributed by atoms with E-state index in [0.29, 0.717) is 38.4 Å². The summed E-state index contributed by atoms with van der Waals surface area (Å²) >= 11 is 0. The fourth-order valence-corrected chi connectivity index (χ4v) is 5.12. The van der Waals surface area contributed by atoms with Gasteiger partial charge in [-0.25, -0.2) is 9.59 Å². The third-order valence-electron chi connectivity index (χ3n) is 7.20. The molecule has 0 spiro atoms. The predicted molar refractivity (Wildman–Crippen MR) is 163 cm³/mol. The number of hydrogen-bond donors (Lipinski definition) is 4. The number of nitrogens with zero attached hydrogens (tertiary/aromatic N) is 2. The van der Waals surface area contributed by atoms with Crippen molar-refractivity contribution in [1.82, 2.24) is 25.8 Å². The fourth-order valence-electron chi connectivity index (χ4n) is 5.12. The number of aliphatic hydroxyl groups is 1. The van der Waals surface area contributed by atoms with E-state index < -0.39 is 30.4 Å². The molecule has 2 unspecified atom stereocenters. The zero-order valence-corrected chi connectivity index (χ0v) is 25.7. The standard InChI is InChI=1S/C32H47N5O6/c1-22(2)16-26(34-31(40)42-20-24-8-6-5-7-9-24)18-37-15-12-27(29(38)19-37)35-30(39)28(17-23(3)4)36-32(41)43-21-25-10-13-33-14-11-25/h5-11,13-14,22-23,26-29,38H,12,15-21H2,1-4H3,(H,34,40)(H,35,39)(H,36,41)/t26-,27?,28-,29?/m0/s1. The number of nitrogens with one attached hydrogen (secondary N) is 3. The number of likely N-dealkylation sites (tertiary alicyclic amines) is 1. The summed E-state index contributed by atoms with van der Waals surface area (Å²) in [5.74, 6) is 0.142. The number of aromatic nitrogens is 1. The van der Waals surface area contributed by atoms with Crippen molar-refractivity contribution in [1.29, 1.82) is 0 Å². The van der Waals surface area contributed by atoms with Crippen molar-refractivity contribution in [3.8, 4) is 0 Å². The van der Waals surface area contributed by atoms with Crippen molar-refractivity contribution in [2.75, 3.05) is 19.6 Å². The van der Waals surface area contributed by atoms with Crippen molar-refractivity contribution >= 4 is 18.1 Å². The number of pyridine rings is 1. The molecule has 1 aromatic carbocycles. The molecule has 2 heterocycles. The summed E-state index contributed by atoms with van der Waals surface area (Å²) in [7, 11) is 0. The number of hydrogen-bond acceptors (Lipinski definition) is 8. The van der Waals surface area contributed by atoms with Gasteiger partial charge in [-0.2, -0.15) is 0 Å². The Balaban J connectivity index is 1.48. The van der Waals surface area contributed by atoms with Gasteiger partial charge in [0, 0.05) is 38.1 Å². The number of alkyl carbamates (subject to hydrolysis) is 2. The molecular weight excluding hydrogens is 550 g/mol. The quantitative estimate of drug-likeness (QED) is 0.259. The average molecular weight is 598 g/mol. The van der Waals surface area contributed by atoms with Crippen LogP contribution in [-0.2, 0) is 27.5 Å². The Morgan fingerprint density at radius 1 is 0.907 bits per heavy atom. The molecule has 236 valence electrons. The van der Waals surface area contributed by atoms with Gasteiger partial charge in [-0.3, -0.25) is 14.7 Å². The molecule has 0 saturated carbocycles. The molecule has 1 aromatic heterocycles. The van der Waals surface area contributed by atoms with E-state index in [-0.39, 0.29) is 31.1 Å². The van der Waals surface area contributed by atoms with Crippen molar-refractivity contribution in [2.45, 2.75) is 84.4 Å². The third-order valence-corrected chi connectivity index (χ3v) is 7.20. The van der Waals surface area contributed by atoms with Crippen LogP contribution in [0.2, 0.25) is 0 Å². The molecule has 1 aliphatic rings. The summed E-state index contributed by atoms with van der Waals surface area (Å²) in [5, 5.41) is 19.6. The minimum absolute atomic E-state index is 0.0684. The van der Waals surface area contributed by atoms with Crippen LogP contribution < -0.4 is 16.0 Å². The largest absolute Gasteiger partial charge is 0.445 e. The third kappa shape index (κ3) is 12.6. The average Bonchev–Trinajstić information content (AvgIpc) is 2.96. The van der Waals surface area contributed by atoms with Crippen LogP contribution in [0.25, 0.3) is 0 Å². The van der Waals surface area contributed by atoms with E-state index in [9.17, 15) is 19.5 Å². The Hall–Kier alpha value is -3.70. The molecule has 2 aromatic rings. The Labute approximate surface area is 254 Å². The van der Waals surface area contributed by atoms with Gasteiger partial charge in [-0.1, -0.05) is 58.0 Å². The lowest BCUT2D eigenvalue weighted by atomic mass is 9.97. The molecule has 1 saturated heterocycles. The number of carbonyl (C=O) groups is 3. The van der Waals surface area contributed by atoms with E-state index in [1.165, 1.54) is 0 Å². The van der Waals surface area contributed by atoms with Gasteiger partial charge in [0.1, 0.15) is 19.3 Å². The zero-order chi connectivity index (χ0) is 31.2. The van der Waals surface area contributed by atoms with Crippen LogP contribution in [0.1, 0.15) is 58.1 Å². The summed E-state index contributed by atoms with van der Waals surface area (Å²) in [6, 6.07) is 11.6.